The molecule has 0 saturated carbocycles. The molecule has 0 unspecified atom stereocenters. The van der Waals surface area contributed by atoms with E-state index in [0.717, 1.165) is 24.3 Å². The van der Waals surface area contributed by atoms with Crippen LogP contribution in [-0.4, -0.2) is 18.6 Å². The van der Waals surface area contributed by atoms with E-state index in [-0.39, 0.29) is 5.82 Å². The van der Waals surface area contributed by atoms with Gasteiger partial charge in [0.2, 0.25) is 0 Å². The van der Waals surface area contributed by atoms with Crippen molar-refractivity contribution in [2.24, 2.45) is 5.92 Å². The molecule has 4 heteroatoms. The Hall–Kier alpha value is -1.84. The standard InChI is InChI=1S/C16H21FN2O/c1-5-18-13-9-11(8-10(2)3)19-16-12(17)6-7-14(20-4)15(13)16/h6-7,9-10H,5,8H2,1-4H3,(H,18,19). The largest absolute Gasteiger partial charge is 0.496 e. The Morgan fingerprint density at radius 2 is 2.10 bits per heavy atom. The van der Waals surface area contributed by atoms with E-state index in [1.165, 1.54) is 6.07 Å². The van der Waals surface area contributed by atoms with Gasteiger partial charge in [0.05, 0.1) is 12.5 Å². The van der Waals surface area contributed by atoms with Crippen molar-refractivity contribution in [2.45, 2.75) is 27.2 Å². The summed E-state index contributed by atoms with van der Waals surface area (Å²) in [5, 5.41) is 3.99. The summed E-state index contributed by atoms with van der Waals surface area (Å²) in [7, 11) is 1.59. The predicted octanol–water partition coefficient (Wildman–Crippen LogP) is 4.01. The van der Waals surface area contributed by atoms with Crippen LogP contribution in [0.4, 0.5) is 10.1 Å². The molecule has 1 aromatic heterocycles. The third-order valence-electron chi connectivity index (χ3n) is 3.13. The molecule has 0 aliphatic carbocycles. The summed E-state index contributed by atoms with van der Waals surface area (Å²) in [6, 6.07) is 5.04. The van der Waals surface area contributed by atoms with Crippen molar-refractivity contribution < 1.29 is 9.13 Å². The fraction of sp³-hybridized carbons (Fsp3) is 0.438. The van der Waals surface area contributed by atoms with E-state index in [4.69, 9.17) is 4.74 Å². The topological polar surface area (TPSA) is 34.2 Å². The Labute approximate surface area is 119 Å². The first-order valence-corrected chi connectivity index (χ1v) is 6.96. The van der Waals surface area contributed by atoms with Gasteiger partial charge in [-0.3, -0.25) is 0 Å². The number of halogens is 1. The van der Waals surface area contributed by atoms with Crippen molar-refractivity contribution in [3.05, 3.63) is 29.7 Å². The van der Waals surface area contributed by atoms with Gasteiger partial charge in [-0.1, -0.05) is 13.8 Å². The zero-order valence-electron chi connectivity index (χ0n) is 12.5. The maximum Gasteiger partial charge on any atom is 0.149 e. The van der Waals surface area contributed by atoms with E-state index in [1.54, 1.807) is 13.2 Å². The summed E-state index contributed by atoms with van der Waals surface area (Å²) in [6.07, 6.45) is 0.824. The molecule has 0 spiro atoms. The fourth-order valence-corrected chi connectivity index (χ4v) is 2.35. The van der Waals surface area contributed by atoms with Gasteiger partial charge in [0.25, 0.3) is 0 Å². The van der Waals surface area contributed by atoms with Gasteiger partial charge < -0.3 is 10.1 Å². The molecule has 108 valence electrons. The molecule has 20 heavy (non-hydrogen) atoms. The number of pyridine rings is 1. The highest BCUT2D eigenvalue weighted by atomic mass is 19.1. The van der Waals surface area contributed by atoms with Gasteiger partial charge in [0.15, 0.2) is 0 Å². The average Bonchev–Trinajstić information content (AvgIpc) is 2.39. The molecule has 2 aromatic rings. The van der Waals surface area contributed by atoms with Crippen LogP contribution in [0.25, 0.3) is 10.9 Å². The van der Waals surface area contributed by atoms with Gasteiger partial charge in [-0.25, -0.2) is 9.37 Å². The predicted molar refractivity (Wildman–Crippen MR) is 81.0 cm³/mol. The van der Waals surface area contributed by atoms with Crippen molar-refractivity contribution in [3.8, 4) is 5.75 Å². The maximum atomic E-state index is 14.1. The second kappa shape index (κ2) is 6.07. The Bertz CT molecular complexity index is 611. The highest BCUT2D eigenvalue weighted by Gasteiger charge is 2.14. The SMILES string of the molecule is CCNc1cc(CC(C)C)nc2c(F)ccc(OC)c12. The van der Waals surface area contributed by atoms with Crippen LogP contribution >= 0.6 is 0 Å². The Kier molecular flexibility index (Phi) is 4.42. The highest BCUT2D eigenvalue weighted by Crippen LogP contribution is 2.34. The highest BCUT2D eigenvalue weighted by molar-refractivity contribution is 5.97. The Morgan fingerprint density at radius 3 is 2.70 bits per heavy atom. The lowest BCUT2D eigenvalue weighted by atomic mass is 10.0. The number of nitrogens with one attached hydrogen (secondary N) is 1. The van der Waals surface area contributed by atoms with Gasteiger partial charge in [-0.05, 0) is 37.5 Å². The van der Waals surface area contributed by atoms with Crippen molar-refractivity contribution in [2.75, 3.05) is 19.0 Å². The summed E-state index contributed by atoms with van der Waals surface area (Å²) in [4.78, 5) is 4.47. The van der Waals surface area contributed by atoms with Crippen LogP contribution in [-0.2, 0) is 6.42 Å². The van der Waals surface area contributed by atoms with Crippen LogP contribution in [0, 0.1) is 11.7 Å². The molecule has 1 aromatic carbocycles. The number of hydrogen-bond donors (Lipinski definition) is 1. The Balaban J connectivity index is 2.70. The molecular weight excluding hydrogens is 255 g/mol. The monoisotopic (exact) mass is 276 g/mol. The van der Waals surface area contributed by atoms with E-state index in [1.807, 2.05) is 13.0 Å². The van der Waals surface area contributed by atoms with Crippen LogP contribution in [0.1, 0.15) is 26.5 Å². The molecule has 0 amide bonds. The molecule has 0 fully saturated rings. The average molecular weight is 276 g/mol. The summed E-state index contributed by atoms with van der Waals surface area (Å²) in [5.41, 5.74) is 2.15. The van der Waals surface area contributed by atoms with E-state index in [9.17, 15) is 4.39 Å². The molecule has 0 radical (unpaired) electrons. The lowest BCUT2D eigenvalue weighted by Gasteiger charge is -2.14. The minimum atomic E-state index is -0.314. The van der Waals surface area contributed by atoms with Crippen LogP contribution in [0.2, 0.25) is 0 Å². The van der Waals surface area contributed by atoms with Crippen molar-refractivity contribution in [1.82, 2.24) is 4.98 Å². The van der Waals surface area contributed by atoms with Crippen LogP contribution in [0.5, 0.6) is 5.75 Å². The third-order valence-corrected chi connectivity index (χ3v) is 3.13. The molecule has 3 nitrogen and oxygen atoms in total. The first-order valence-electron chi connectivity index (χ1n) is 6.96. The minimum absolute atomic E-state index is 0.314. The molecular formula is C16H21FN2O. The molecule has 1 N–H and O–H groups in total. The second-order valence-electron chi connectivity index (χ2n) is 5.26. The normalized spacial score (nSPS) is 11.1. The van der Waals surface area contributed by atoms with Crippen molar-refractivity contribution in [1.29, 1.82) is 0 Å². The van der Waals surface area contributed by atoms with E-state index in [2.05, 4.69) is 24.1 Å². The molecule has 0 atom stereocenters. The number of rotatable bonds is 5. The van der Waals surface area contributed by atoms with Gasteiger partial charge in [-0.15, -0.1) is 0 Å². The minimum Gasteiger partial charge on any atom is -0.496 e. The van der Waals surface area contributed by atoms with E-state index >= 15 is 0 Å². The van der Waals surface area contributed by atoms with Crippen LogP contribution in [0.15, 0.2) is 18.2 Å². The van der Waals surface area contributed by atoms with E-state index < -0.39 is 0 Å². The third kappa shape index (κ3) is 2.84. The van der Waals surface area contributed by atoms with E-state index in [0.29, 0.717) is 22.6 Å². The molecule has 0 saturated heterocycles. The lowest BCUT2D eigenvalue weighted by Crippen LogP contribution is -2.04. The van der Waals surface area contributed by atoms with Gasteiger partial charge in [0, 0.05) is 17.9 Å². The number of fused-ring (bicyclic) bond motifs is 1. The number of methoxy groups -OCH3 is 1. The second-order valence-corrected chi connectivity index (χ2v) is 5.26. The number of ether oxygens (including phenoxy) is 1. The first kappa shape index (κ1) is 14.6. The fourth-order valence-electron chi connectivity index (χ4n) is 2.35. The lowest BCUT2D eigenvalue weighted by molar-refractivity contribution is 0.419. The molecule has 2 rings (SSSR count). The summed E-state index contributed by atoms with van der Waals surface area (Å²) >= 11 is 0. The zero-order chi connectivity index (χ0) is 14.7. The van der Waals surface area contributed by atoms with Crippen LogP contribution < -0.4 is 10.1 Å². The first-order chi connectivity index (χ1) is 9.56. The Morgan fingerprint density at radius 1 is 1.35 bits per heavy atom. The molecule has 1 heterocycles. The summed E-state index contributed by atoms with van der Waals surface area (Å²) < 4.78 is 19.4. The molecule has 0 bridgehead atoms. The summed E-state index contributed by atoms with van der Waals surface area (Å²) in [5.74, 6) is 0.801. The maximum absolute atomic E-state index is 14.1. The van der Waals surface area contributed by atoms with Crippen molar-refractivity contribution >= 4 is 16.6 Å². The molecule has 0 aliphatic rings. The quantitative estimate of drug-likeness (QED) is 0.895. The number of nitrogens with zero attached hydrogens (tertiary/aromatic N) is 1. The number of hydrogen-bond acceptors (Lipinski definition) is 3. The summed E-state index contributed by atoms with van der Waals surface area (Å²) in [6.45, 7) is 7.03. The van der Waals surface area contributed by atoms with Gasteiger partial charge in [-0.2, -0.15) is 0 Å². The number of aromatic nitrogens is 1. The van der Waals surface area contributed by atoms with Gasteiger partial charge in [0.1, 0.15) is 17.1 Å². The number of benzene rings is 1. The zero-order valence-corrected chi connectivity index (χ0v) is 12.5. The molecule has 0 aliphatic heterocycles. The van der Waals surface area contributed by atoms with Crippen LogP contribution in [0.3, 0.4) is 0 Å². The van der Waals surface area contributed by atoms with Crippen molar-refractivity contribution in [3.63, 3.8) is 0 Å². The van der Waals surface area contributed by atoms with Gasteiger partial charge >= 0.3 is 0 Å². The number of anilines is 1. The smallest absolute Gasteiger partial charge is 0.149 e.